The molecule has 0 fully saturated rings. The van der Waals surface area contributed by atoms with Gasteiger partial charge >= 0.3 is 11.7 Å². The van der Waals surface area contributed by atoms with E-state index < -0.39 is 23.4 Å². The standard InChI is InChI=1S/C19H20N2O6S/c1-13-10-16(21(24)25)17(26-2)11-15(13)20-18(22)12-27-19(23)8-9-28-14-6-4-3-5-7-14/h3-7,10-11H,8-9,12H2,1-2H3,(H,20,22). The predicted molar refractivity (Wildman–Crippen MR) is 106 cm³/mol. The maximum absolute atomic E-state index is 12.0. The van der Waals surface area contributed by atoms with Gasteiger partial charge in [-0.3, -0.25) is 19.7 Å². The fraction of sp³-hybridized carbons (Fsp3) is 0.263. The first-order valence-electron chi connectivity index (χ1n) is 8.37. The zero-order valence-corrected chi connectivity index (χ0v) is 16.3. The summed E-state index contributed by atoms with van der Waals surface area (Å²) in [4.78, 5) is 35.3. The summed E-state index contributed by atoms with van der Waals surface area (Å²) in [6.07, 6.45) is 0.178. The molecule has 0 heterocycles. The third-order valence-electron chi connectivity index (χ3n) is 3.68. The van der Waals surface area contributed by atoms with E-state index >= 15 is 0 Å². The number of amides is 1. The van der Waals surface area contributed by atoms with Crippen LogP contribution in [0.1, 0.15) is 12.0 Å². The number of ether oxygens (including phenoxy) is 2. The van der Waals surface area contributed by atoms with Crippen molar-refractivity contribution in [3.05, 3.63) is 58.1 Å². The smallest absolute Gasteiger partial charge is 0.311 e. The van der Waals surface area contributed by atoms with Crippen LogP contribution in [0.3, 0.4) is 0 Å². The first-order valence-corrected chi connectivity index (χ1v) is 9.35. The van der Waals surface area contributed by atoms with Crippen LogP contribution in [0.4, 0.5) is 11.4 Å². The number of nitro groups is 1. The largest absolute Gasteiger partial charge is 0.490 e. The van der Waals surface area contributed by atoms with E-state index in [1.165, 1.54) is 31.0 Å². The zero-order valence-electron chi connectivity index (χ0n) is 15.5. The Labute approximate surface area is 166 Å². The van der Waals surface area contributed by atoms with Gasteiger partial charge in [0.15, 0.2) is 12.4 Å². The number of hydrogen-bond acceptors (Lipinski definition) is 7. The molecule has 9 heteroatoms. The summed E-state index contributed by atoms with van der Waals surface area (Å²) in [5, 5.41) is 13.6. The summed E-state index contributed by atoms with van der Waals surface area (Å²) in [5.74, 6) is -0.441. The predicted octanol–water partition coefficient (Wildman–Crippen LogP) is 3.58. The van der Waals surface area contributed by atoms with Gasteiger partial charge in [-0.25, -0.2) is 0 Å². The number of aryl methyl sites for hydroxylation is 1. The molecule has 0 radical (unpaired) electrons. The number of nitro benzene ring substituents is 1. The molecule has 2 rings (SSSR count). The van der Waals surface area contributed by atoms with E-state index in [0.29, 0.717) is 17.0 Å². The van der Waals surface area contributed by atoms with Crippen LogP contribution < -0.4 is 10.1 Å². The number of anilines is 1. The van der Waals surface area contributed by atoms with E-state index in [9.17, 15) is 19.7 Å². The van der Waals surface area contributed by atoms with Crippen LogP contribution in [0.2, 0.25) is 0 Å². The average molecular weight is 404 g/mol. The first kappa shape index (κ1) is 21.2. The highest BCUT2D eigenvalue weighted by molar-refractivity contribution is 7.99. The summed E-state index contributed by atoms with van der Waals surface area (Å²) < 4.78 is 9.95. The molecule has 0 aliphatic carbocycles. The van der Waals surface area contributed by atoms with Gasteiger partial charge in [0, 0.05) is 28.5 Å². The average Bonchev–Trinajstić information content (AvgIpc) is 2.68. The maximum Gasteiger partial charge on any atom is 0.311 e. The molecular formula is C19H20N2O6S. The van der Waals surface area contributed by atoms with Crippen molar-refractivity contribution in [2.75, 3.05) is 24.8 Å². The van der Waals surface area contributed by atoms with Crippen molar-refractivity contribution in [1.82, 2.24) is 0 Å². The summed E-state index contributed by atoms with van der Waals surface area (Å²) in [7, 11) is 1.30. The minimum atomic E-state index is -0.563. The number of thioether (sulfide) groups is 1. The van der Waals surface area contributed by atoms with Crippen molar-refractivity contribution in [2.45, 2.75) is 18.2 Å². The Balaban J connectivity index is 1.82. The third-order valence-corrected chi connectivity index (χ3v) is 4.69. The third kappa shape index (κ3) is 6.27. The highest BCUT2D eigenvalue weighted by Gasteiger charge is 2.18. The van der Waals surface area contributed by atoms with Gasteiger partial charge in [-0.05, 0) is 24.6 Å². The van der Waals surface area contributed by atoms with Crippen molar-refractivity contribution < 1.29 is 24.0 Å². The second kappa shape index (κ2) is 10.3. The molecule has 0 unspecified atom stereocenters. The van der Waals surface area contributed by atoms with E-state index in [4.69, 9.17) is 9.47 Å². The van der Waals surface area contributed by atoms with Crippen molar-refractivity contribution in [3.8, 4) is 5.75 Å². The summed E-state index contributed by atoms with van der Waals surface area (Å²) in [6.45, 7) is 1.18. The number of nitrogens with one attached hydrogen (secondary N) is 1. The molecule has 2 aromatic rings. The molecule has 0 saturated carbocycles. The molecule has 0 aliphatic heterocycles. The van der Waals surface area contributed by atoms with Crippen LogP contribution in [0.5, 0.6) is 5.75 Å². The van der Waals surface area contributed by atoms with Gasteiger partial charge in [0.05, 0.1) is 18.5 Å². The summed E-state index contributed by atoms with van der Waals surface area (Å²) >= 11 is 1.53. The minimum Gasteiger partial charge on any atom is -0.490 e. The van der Waals surface area contributed by atoms with Gasteiger partial charge < -0.3 is 14.8 Å². The van der Waals surface area contributed by atoms with E-state index in [2.05, 4.69) is 5.32 Å². The van der Waals surface area contributed by atoms with Crippen LogP contribution >= 0.6 is 11.8 Å². The monoisotopic (exact) mass is 404 g/mol. The number of methoxy groups -OCH3 is 1. The number of esters is 1. The molecule has 148 valence electrons. The van der Waals surface area contributed by atoms with Crippen LogP contribution in [-0.2, 0) is 14.3 Å². The molecule has 1 N–H and O–H groups in total. The van der Waals surface area contributed by atoms with Gasteiger partial charge in [-0.15, -0.1) is 11.8 Å². The maximum atomic E-state index is 12.0. The molecule has 0 aromatic heterocycles. The Bertz CT molecular complexity index is 857. The van der Waals surface area contributed by atoms with Gasteiger partial charge in [0.2, 0.25) is 0 Å². The molecule has 0 atom stereocenters. The molecule has 0 saturated heterocycles. The normalized spacial score (nSPS) is 10.2. The number of carbonyl (C=O) groups excluding carboxylic acids is 2. The van der Waals surface area contributed by atoms with Gasteiger partial charge in [-0.2, -0.15) is 0 Å². The number of benzene rings is 2. The lowest BCUT2D eigenvalue weighted by Gasteiger charge is -2.11. The van der Waals surface area contributed by atoms with Crippen LogP contribution in [-0.4, -0.2) is 36.3 Å². The first-order chi connectivity index (χ1) is 13.4. The molecule has 0 aliphatic rings. The highest BCUT2D eigenvalue weighted by Crippen LogP contribution is 2.32. The second-order valence-corrected chi connectivity index (χ2v) is 6.88. The molecule has 28 heavy (non-hydrogen) atoms. The van der Waals surface area contributed by atoms with E-state index in [1.54, 1.807) is 6.92 Å². The van der Waals surface area contributed by atoms with Crippen molar-refractivity contribution in [1.29, 1.82) is 0 Å². The fourth-order valence-electron chi connectivity index (χ4n) is 2.29. The lowest BCUT2D eigenvalue weighted by molar-refractivity contribution is -0.385. The van der Waals surface area contributed by atoms with Crippen LogP contribution in [0, 0.1) is 17.0 Å². The van der Waals surface area contributed by atoms with E-state index in [1.807, 2.05) is 30.3 Å². The van der Waals surface area contributed by atoms with Crippen LogP contribution in [0.25, 0.3) is 0 Å². The Morgan fingerprint density at radius 2 is 1.93 bits per heavy atom. The SMILES string of the molecule is COc1cc(NC(=O)COC(=O)CCSc2ccccc2)c(C)cc1[N+](=O)[O-]. The minimum absolute atomic E-state index is 0.0285. The number of carbonyl (C=O) groups is 2. The van der Waals surface area contributed by atoms with Crippen molar-refractivity contribution in [3.63, 3.8) is 0 Å². The Hall–Kier alpha value is -3.07. The Morgan fingerprint density at radius 1 is 1.21 bits per heavy atom. The van der Waals surface area contributed by atoms with Gasteiger partial charge in [0.1, 0.15) is 0 Å². The van der Waals surface area contributed by atoms with Crippen molar-refractivity contribution in [2.24, 2.45) is 0 Å². The summed E-state index contributed by atoms with van der Waals surface area (Å²) in [5.41, 5.74) is 0.648. The fourth-order valence-corrected chi connectivity index (χ4v) is 3.14. The quantitative estimate of drug-likeness (QED) is 0.294. The highest BCUT2D eigenvalue weighted by atomic mass is 32.2. The molecule has 8 nitrogen and oxygen atoms in total. The molecule has 0 spiro atoms. The van der Waals surface area contributed by atoms with E-state index in [0.717, 1.165) is 4.90 Å². The molecule has 2 aromatic carbocycles. The van der Waals surface area contributed by atoms with Gasteiger partial charge in [0.25, 0.3) is 5.91 Å². The topological polar surface area (TPSA) is 108 Å². The number of hydrogen-bond donors (Lipinski definition) is 1. The van der Waals surface area contributed by atoms with Crippen LogP contribution in [0.15, 0.2) is 47.4 Å². The van der Waals surface area contributed by atoms with Crippen molar-refractivity contribution >= 4 is 35.0 Å². The molecule has 1 amide bonds. The lowest BCUT2D eigenvalue weighted by atomic mass is 10.1. The molecular weight excluding hydrogens is 384 g/mol. The Morgan fingerprint density at radius 3 is 2.57 bits per heavy atom. The number of rotatable bonds is 9. The lowest BCUT2D eigenvalue weighted by Crippen LogP contribution is -2.21. The molecule has 0 bridgehead atoms. The zero-order chi connectivity index (χ0) is 20.5. The second-order valence-electron chi connectivity index (χ2n) is 5.72. The Kier molecular flexibility index (Phi) is 7.82. The van der Waals surface area contributed by atoms with E-state index in [-0.39, 0.29) is 17.9 Å². The summed E-state index contributed by atoms with van der Waals surface area (Å²) in [6, 6.07) is 12.3. The van der Waals surface area contributed by atoms with Gasteiger partial charge in [-0.1, -0.05) is 18.2 Å². The number of nitrogens with zero attached hydrogens (tertiary/aromatic N) is 1.